The van der Waals surface area contributed by atoms with Gasteiger partial charge in [0.05, 0.1) is 0 Å². The van der Waals surface area contributed by atoms with Crippen LogP contribution in [0.25, 0.3) is 0 Å². The highest BCUT2D eigenvalue weighted by molar-refractivity contribution is 5.84. The highest BCUT2D eigenvalue weighted by Crippen LogP contribution is 2.13. The van der Waals surface area contributed by atoms with Crippen molar-refractivity contribution in [1.82, 2.24) is 10.2 Å². The van der Waals surface area contributed by atoms with Crippen LogP contribution in [0.5, 0.6) is 0 Å². The molecule has 1 saturated heterocycles. The van der Waals surface area contributed by atoms with Crippen LogP contribution in [-0.2, 0) is 9.59 Å². The molecule has 16 heavy (non-hydrogen) atoms. The molecule has 0 aromatic heterocycles. The van der Waals surface area contributed by atoms with E-state index in [1.807, 2.05) is 13.8 Å². The van der Waals surface area contributed by atoms with Crippen molar-refractivity contribution in [3.8, 4) is 0 Å². The Balaban J connectivity index is 2.75. The summed E-state index contributed by atoms with van der Waals surface area (Å²) in [6.45, 7) is 6.86. The van der Waals surface area contributed by atoms with Crippen LogP contribution in [0.2, 0.25) is 0 Å². The average Bonchev–Trinajstić information content (AvgIpc) is 2.15. The standard InChI is InChI=1S/C11H20N2O3/c1-7(2)6-9(14)13-5-4-12-8(3)10(13)11(15)16/h7-8,10,12H,4-6H2,1-3H3,(H,15,16). The lowest BCUT2D eigenvalue weighted by Crippen LogP contribution is -2.61. The van der Waals surface area contributed by atoms with E-state index < -0.39 is 12.0 Å². The van der Waals surface area contributed by atoms with Crippen LogP contribution in [-0.4, -0.2) is 47.1 Å². The molecule has 1 fully saturated rings. The van der Waals surface area contributed by atoms with Gasteiger partial charge in [0.25, 0.3) is 0 Å². The van der Waals surface area contributed by atoms with Crippen molar-refractivity contribution in [2.75, 3.05) is 13.1 Å². The number of carbonyl (C=O) groups excluding carboxylic acids is 1. The molecule has 1 aliphatic rings. The zero-order chi connectivity index (χ0) is 12.3. The van der Waals surface area contributed by atoms with Gasteiger partial charge in [-0.25, -0.2) is 4.79 Å². The number of hydrogen-bond donors (Lipinski definition) is 2. The first-order chi connectivity index (χ1) is 7.43. The molecule has 1 amide bonds. The maximum absolute atomic E-state index is 11.9. The van der Waals surface area contributed by atoms with Crippen molar-refractivity contribution < 1.29 is 14.7 Å². The van der Waals surface area contributed by atoms with Crippen molar-refractivity contribution in [2.45, 2.75) is 39.3 Å². The van der Waals surface area contributed by atoms with Crippen LogP contribution < -0.4 is 5.32 Å². The number of piperazine rings is 1. The molecule has 0 aromatic carbocycles. The van der Waals surface area contributed by atoms with Gasteiger partial charge in [-0.15, -0.1) is 0 Å². The minimum absolute atomic E-state index is 0.0595. The lowest BCUT2D eigenvalue weighted by atomic mass is 10.0. The molecule has 1 rings (SSSR count). The molecule has 1 aliphatic heterocycles. The lowest BCUT2D eigenvalue weighted by molar-refractivity contribution is -0.153. The second-order valence-electron chi connectivity index (χ2n) is 4.71. The Morgan fingerprint density at radius 1 is 1.50 bits per heavy atom. The minimum atomic E-state index is -0.934. The molecule has 5 heteroatoms. The van der Waals surface area contributed by atoms with Crippen LogP contribution in [0, 0.1) is 5.92 Å². The van der Waals surface area contributed by atoms with Crippen molar-refractivity contribution in [3.05, 3.63) is 0 Å². The molecule has 0 aromatic rings. The number of carbonyl (C=O) groups is 2. The molecule has 92 valence electrons. The molecule has 1 heterocycles. The van der Waals surface area contributed by atoms with Gasteiger partial charge in [-0.2, -0.15) is 0 Å². The van der Waals surface area contributed by atoms with Gasteiger partial charge >= 0.3 is 5.97 Å². The Hall–Kier alpha value is -1.10. The number of nitrogens with one attached hydrogen (secondary N) is 1. The van der Waals surface area contributed by atoms with E-state index in [2.05, 4.69) is 5.32 Å². The first kappa shape index (κ1) is 13.0. The van der Waals surface area contributed by atoms with Crippen molar-refractivity contribution >= 4 is 11.9 Å². The topological polar surface area (TPSA) is 69.6 Å². The van der Waals surface area contributed by atoms with E-state index in [9.17, 15) is 9.59 Å². The summed E-state index contributed by atoms with van der Waals surface area (Å²) in [5.41, 5.74) is 0. The van der Waals surface area contributed by atoms with Crippen LogP contribution in [0.1, 0.15) is 27.2 Å². The fourth-order valence-electron chi connectivity index (χ4n) is 2.03. The van der Waals surface area contributed by atoms with Gasteiger partial charge in [-0.3, -0.25) is 4.79 Å². The molecule has 2 atom stereocenters. The fraction of sp³-hybridized carbons (Fsp3) is 0.818. The Bertz CT molecular complexity index is 278. The van der Waals surface area contributed by atoms with Gasteiger partial charge < -0.3 is 15.3 Å². The van der Waals surface area contributed by atoms with Gasteiger partial charge in [0.15, 0.2) is 0 Å². The van der Waals surface area contributed by atoms with E-state index in [1.54, 1.807) is 6.92 Å². The monoisotopic (exact) mass is 228 g/mol. The summed E-state index contributed by atoms with van der Waals surface area (Å²) in [5.74, 6) is -0.736. The quantitative estimate of drug-likeness (QED) is 0.729. The highest BCUT2D eigenvalue weighted by Gasteiger charge is 2.36. The number of aliphatic carboxylic acids is 1. The minimum Gasteiger partial charge on any atom is -0.480 e. The first-order valence-electron chi connectivity index (χ1n) is 5.69. The number of nitrogens with zero attached hydrogens (tertiary/aromatic N) is 1. The van der Waals surface area contributed by atoms with Crippen molar-refractivity contribution in [2.24, 2.45) is 5.92 Å². The van der Waals surface area contributed by atoms with Gasteiger partial charge in [0.2, 0.25) is 5.91 Å². The van der Waals surface area contributed by atoms with Crippen LogP contribution in [0.4, 0.5) is 0 Å². The molecule has 0 bridgehead atoms. The van der Waals surface area contributed by atoms with Gasteiger partial charge in [0, 0.05) is 25.6 Å². The maximum Gasteiger partial charge on any atom is 0.328 e. The van der Waals surface area contributed by atoms with E-state index >= 15 is 0 Å². The summed E-state index contributed by atoms with van der Waals surface area (Å²) in [6, 6.07) is -0.928. The molecule has 2 N–H and O–H groups in total. The van der Waals surface area contributed by atoms with Crippen LogP contribution in [0.15, 0.2) is 0 Å². The first-order valence-corrected chi connectivity index (χ1v) is 5.69. The number of rotatable bonds is 3. The third kappa shape index (κ3) is 2.95. The predicted octanol–water partition coefficient (Wildman–Crippen LogP) is 0.306. The molecule has 0 aliphatic carbocycles. The number of carboxylic acids is 1. The highest BCUT2D eigenvalue weighted by atomic mass is 16.4. The summed E-state index contributed by atoms with van der Waals surface area (Å²) in [5, 5.41) is 12.2. The van der Waals surface area contributed by atoms with Crippen LogP contribution >= 0.6 is 0 Å². The third-order valence-electron chi connectivity index (χ3n) is 2.78. The summed E-state index contributed by atoms with van der Waals surface area (Å²) in [6.07, 6.45) is 0.413. The Morgan fingerprint density at radius 2 is 2.12 bits per heavy atom. The van der Waals surface area contributed by atoms with Gasteiger partial charge in [-0.1, -0.05) is 13.8 Å². The Kier molecular flexibility index (Phi) is 4.29. The van der Waals surface area contributed by atoms with E-state index in [4.69, 9.17) is 5.11 Å². The van der Waals surface area contributed by atoms with Crippen molar-refractivity contribution in [3.63, 3.8) is 0 Å². The van der Waals surface area contributed by atoms with E-state index in [0.29, 0.717) is 19.5 Å². The fourth-order valence-corrected chi connectivity index (χ4v) is 2.03. The predicted molar refractivity (Wildman–Crippen MR) is 60.1 cm³/mol. The molecule has 2 unspecified atom stereocenters. The largest absolute Gasteiger partial charge is 0.480 e. The van der Waals surface area contributed by atoms with Crippen LogP contribution in [0.3, 0.4) is 0 Å². The summed E-state index contributed by atoms with van der Waals surface area (Å²) in [4.78, 5) is 24.5. The number of amides is 1. The van der Waals surface area contributed by atoms with E-state index in [1.165, 1.54) is 4.90 Å². The zero-order valence-electron chi connectivity index (χ0n) is 10.1. The SMILES string of the molecule is CC(C)CC(=O)N1CCNC(C)C1C(=O)O. The Labute approximate surface area is 95.8 Å². The maximum atomic E-state index is 11.9. The molecular weight excluding hydrogens is 208 g/mol. The molecule has 5 nitrogen and oxygen atoms in total. The molecule has 0 spiro atoms. The summed E-state index contributed by atoms with van der Waals surface area (Å²) >= 11 is 0. The molecular formula is C11H20N2O3. The zero-order valence-corrected chi connectivity index (χ0v) is 10.1. The molecule has 0 saturated carbocycles. The lowest BCUT2D eigenvalue weighted by Gasteiger charge is -2.38. The Morgan fingerprint density at radius 3 is 2.62 bits per heavy atom. The summed E-state index contributed by atoms with van der Waals surface area (Å²) < 4.78 is 0. The number of carboxylic acid groups (broad SMARTS) is 1. The smallest absolute Gasteiger partial charge is 0.328 e. The van der Waals surface area contributed by atoms with E-state index in [0.717, 1.165) is 0 Å². The summed E-state index contributed by atoms with van der Waals surface area (Å²) in [7, 11) is 0. The number of hydrogen-bond acceptors (Lipinski definition) is 3. The van der Waals surface area contributed by atoms with Gasteiger partial charge in [-0.05, 0) is 12.8 Å². The third-order valence-corrected chi connectivity index (χ3v) is 2.78. The van der Waals surface area contributed by atoms with Crippen molar-refractivity contribution in [1.29, 1.82) is 0 Å². The normalized spacial score (nSPS) is 25.9. The van der Waals surface area contributed by atoms with E-state index in [-0.39, 0.29) is 17.9 Å². The second-order valence-corrected chi connectivity index (χ2v) is 4.71. The molecule has 0 radical (unpaired) electrons. The second kappa shape index (κ2) is 5.30. The van der Waals surface area contributed by atoms with Gasteiger partial charge in [0.1, 0.15) is 6.04 Å². The average molecular weight is 228 g/mol.